The third-order valence-corrected chi connectivity index (χ3v) is 2.90. The summed E-state index contributed by atoms with van der Waals surface area (Å²) >= 11 is 0. The lowest BCUT2D eigenvalue weighted by Gasteiger charge is -2.32. The lowest BCUT2D eigenvalue weighted by atomic mass is 10.1. The van der Waals surface area contributed by atoms with Crippen LogP contribution in [0.15, 0.2) is 0 Å². The normalized spacial score (nSPS) is 22.1. The molecule has 4 nitrogen and oxygen atoms in total. The Morgan fingerprint density at radius 2 is 1.93 bits per heavy atom. The molecule has 1 aliphatic rings. The van der Waals surface area contributed by atoms with Crippen molar-refractivity contribution in [2.75, 3.05) is 39.8 Å². The van der Waals surface area contributed by atoms with E-state index >= 15 is 0 Å². The van der Waals surface area contributed by atoms with E-state index in [1.165, 1.54) is 0 Å². The Balaban J connectivity index is 2.16. The molecule has 1 saturated heterocycles. The number of aliphatic carboxylic acids is 1. The van der Waals surface area contributed by atoms with Crippen molar-refractivity contribution in [3.8, 4) is 0 Å². The molecular formula is C10H20N2O2. The zero-order valence-electron chi connectivity index (χ0n) is 9.07. The minimum absolute atomic E-state index is 0.213. The van der Waals surface area contributed by atoms with Crippen molar-refractivity contribution < 1.29 is 9.90 Å². The minimum Gasteiger partial charge on any atom is -0.481 e. The molecule has 1 rings (SSSR count). The monoisotopic (exact) mass is 200 g/mol. The summed E-state index contributed by atoms with van der Waals surface area (Å²) in [6.07, 6.45) is 0.763. The first-order chi connectivity index (χ1) is 6.59. The number of rotatable bonds is 4. The number of hydrogen-bond donors (Lipinski definition) is 1. The van der Waals surface area contributed by atoms with E-state index in [0.717, 1.165) is 39.1 Å². The Morgan fingerprint density at radius 1 is 1.36 bits per heavy atom. The summed E-state index contributed by atoms with van der Waals surface area (Å²) < 4.78 is 0. The van der Waals surface area contributed by atoms with Crippen LogP contribution in [0.25, 0.3) is 0 Å². The number of likely N-dealkylation sites (N-methyl/N-ethyl adjacent to an activating group) is 1. The van der Waals surface area contributed by atoms with Crippen molar-refractivity contribution in [1.82, 2.24) is 9.80 Å². The van der Waals surface area contributed by atoms with Gasteiger partial charge in [-0.1, -0.05) is 6.92 Å². The molecule has 1 unspecified atom stereocenters. The summed E-state index contributed by atoms with van der Waals surface area (Å²) in [6, 6.07) is 0. The summed E-state index contributed by atoms with van der Waals surface area (Å²) in [4.78, 5) is 15.2. The second kappa shape index (κ2) is 5.32. The zero-order chi connectivity index (χ0) is 10.6. The van der Waals surface area contributed by atoms with Crippen LogP contribution in [0.4, 0.5) is 0 Å². The fourth-order valence-electron chi connectivity index (χ4n) is 1.57. The van der Waals surface area contributed by atoms with Crippen molar-refractivity contribution in [3.63, 3.8) is 0 Å². The number of nitrogens with zero attached hydrogens (tertiary/aromatic N) is 2. The quantitative estimate of drug-likeness (QED) is 0.711. The summed E-state index contributed by atoms with van der Waals surface area (Å²) in [5.41, 5.74) is 0. The Kier molecular flexibility index (Phi) is 4.35. The van der Waals surface area contributed by atoms with Crippen molar-refractivity contribution in [1.29, 1.82) is 0 Å². The molecule has 1 atom stereocenters. The van der Waals surface area contributed by atoms with Crippen LogP contribution in [-0.4, -0.2) is 60.6 Å². The number of piperazine rings is 1. The van der Waals surface area contributed by atoms with E-state index in [1.807, 2.05) is 0 Å². The Hall–Kier alpha value is -0.610. The van der Waals surface area contributed by atoms with Crippen LogP contribution in [-0.2, 0) is 4.79 Å². The van der Waals surface area contributed by atoms with Crippen LogP contribution in [0.1, 0.15) is 13.3 Å². The highest BCUT2D eigenvalue weighted by molar-refractivity contribution is 5.69. The molecule has 14 heavy (non-hydrogen) atoms. The van der Waals surface area contributed by atoms with Crippen molar-refractivity contribution in [2.45, 2.75) is 13.3 Å². The van der Waals surface area contributed by atoms with Crippen molar-refractivity contribution in [3.05, 3.63) is 0 Å². The standard InChI is InChI=1S/C10H20N2O2/c1-9(10(13)14)3-4-12-7-5-11(2)6-8-12/h9H,3-8H2,1-2H3,(H,13,14). The predicted octanol–water partition coefficient (Wildman–Crippen LogP) is 0.345. The van der Waals surface area contributed by atoms with Gasteiger partial charge in [0.25, 0.3) is 0 Å². The Bertz CT molecular complexity index is 189. The van der Waals surface area contributed by atoms with Crippen LogP contribution < -0.4 is 0 Å². The van der Waals surface area contributed by atoms with E-state index in [0.29, 0.717) is 0 Å². The van der Waals surface area contributed by atoms with E-state index < -0.39 is 5.97 Å². The highest BCUT2D eigenvalue weighted by Crippen LogP contribution is 2.06. The molecule has 82 valence electrons. The zero-order valence-corrected chi connectivity index (χ0v) is 9.07. The molecule has 0 bridgehead atoms. The Labute approximate surface area is 85.5 Å². The first-order valence-corrected chi connectivity index (χ1v) is 5.23. The van der Waals surface area contributed by atoms with Gasteiger partial charge in [0.15, 0.2) is 0 Å². The molecule has 0 aromatic rings. The van der Waals surface area contributed by atoms with Gasteiger partial charge in [-0.05, 0) is 20.0 Å². The average molecular weight is 200 g/mol. The number of carboxylic acid groups (broad SMARTS) is 1. The molecule has 0 spiro atoms. The third kappa shape index (κ3) is 3.64. The summed E-state index contributed by atoms with van der Waals surface area (Å²) in [5.74, 6) is -0.895. The maximum Gasteiger partial charge on any atom is 0.306 e. The van der Waals surface area contributed by atoms with E-state index in [-0.39, 0.29) is 5.92 Å². The first-order valence-electron chi connectivity index (χ1n) is 5.23. The molecular weight excluding hydrogens is 180 g/mol. The van der Waals surface area contributed by atoms with Gasteiger partial charge < -0.3 is 14.9 Å². The molecule has 0 radical (unpaired) electrons. The first kappa shape index (κ1) is 11.5. The van der Waals surface area contributed by atoms with Crippen LogP contribution in [0.5, 0.6) is 0 Å². The molecule has 1 fully saturated rings. The minimum atomic E-state index is -0.681. The summed E-state index contributed by atoms with van der Waals surface area (Å²) in [6.45, 7) is 7.04. The highest BCUT2D eigenvalue weighted by Gasteiger charge is 2.16. The second-order valence-corrected chi connectivity index (χ2v) is 4.17. The molecule has 0 aromatic heterocycles. The maximum absolute atomic E-state index is 10.6. The molecule has 4 heteroatoms. The summed E-state index contributed by atoms with van der Waals surface area (Å²) in [5, 5.41) is 8.73. The van der Waals surface area contributed by atoms with Gasteiger partial charge in [0, 0.05) is 26.2 Å². The Morgan fingerprint density at radius 3 is 2.43 bits per heavy atom. The fraction of sp³-hybridized carbons (Fsp3) is 0.900. The predicted molar refractivity (Wildman–Crippen MR) is 55.4 cm³/mol. The highest BCUT2D eigenvalue weighted by atomic mass is 16.4. The molecule has 0 aliphatic carbocycles. The van der Waals surface area contributed by atoms with Crippen molar-refractivity contribution >= 4 is 5.97 Å². The van der Waals surface area contributed by atoms with Gasteiger partial charge >= 0.3 is 5.97 Å². The van der Waals surface area contributed by atoms with Crippen LogP contribution in [0.3, 0.4) is 0 Å². The van der Waals surface area contributed by atoms with Crippen molar-refractivity contribution in [2.24, 2.45) is 5.92 Å². The lowest BCUT2D eigenvalue weighted by Crippen LogP contribution is -2.45. The largest absolute Gasteiger partial charge is 0.481 e. The van der Waals surface area contributed by atoms with Crippen LogP contribution >= 0.6 is 0 Å². The van der Waals surface area contributed by atoms with Gasteiger partial charge in [0.2, 0.25) is 0 Å². The van der Waals surface area contributed by atoms with E-state index in [2.05, 4.69) is 16.8 Å². The molecule has 0 saturated carbocycles. The molecule has 1 aliphatic heterocycles. The van der Waals surface area contributed by atoms with Gasteiger partial charge in [-0.15, -0.1) is 0 Å². The summed E-state index contributed by atoms with van der Waals surface area (Å²) in [7, 11) is 2.12. The molecule has 0 aromatic carbocycles. The number of hydrogen-bond acceptors (Lipinski definition) is 3. The fourth-order valence-corrected chi connectivity index (χ4v) is 1.57. The third-order valence-electron chi connectivity index (χ3n) is 2.90. The van der Waals surface area contributed by atoms with Crippen LogP contribution in [0, 0.1) is 5.92 Å². The van der Waals surface area contributed by atoms with Gasteiger partial charge in [0.05, 0.1) is 5.92 Å². The molecule has 1 N–H and O–H groups in total. The topological polar surface area (TPSA) is 43.8 Å². The number of carbonyl (C=O) groups is 1. The van der Waals surface area contributed by atoms with E-state index in [1.54, 1.807) is 6.92 Å². The van der Waals surface area contributed by atoms with Gasteiger partial charge in [-0.2, -0.15) is 0 Å². The SMILES string of the molecule is CC(CCN1CCN(C)CC1)C(=O)O. The van der Waals surface area contributed by atoms with E-state index in [4.69, 9.17) is 5.11 Å². The maximum atomic E-state index is 10.6. The van der Waals surface area contributed by atoms with Crippen LogP contribution in [0.2, 0.25) is 0 Å². The molecule has 0 amide bonds. The average Bonchev–Trinajstić information content (AvgIpc) is 2.16. The van der Waals surface area contributed by atoms with Gasteiger partial charge in [-0.3, -0.25) is 4.79 Å². The van der Waals surface area contributed by atoms with Gasteiger partial charge in [-0.25, -0.2) is 0 Å². The molecule has 1 heterocycles. The smallest absolute Gasteiger partial charge is 0.306 e. The van der Waals surface area contributed by atoms with E-state index in [9.17, 15) is 4.79 Å². The second-order valence-electron chi connectivity index (χ2n) is 4.17. The van der Waals surface area contributed by atoms with Gasteiger partial charge in [0.1, 0.15) is 0 Å². The number of carboxylic acids is 1. The lowest BCUT2D eigenvalue weighted by molar-refractivity contribution is -0.141.